The lowest BCUT2D eigenvalue weighted by atomic mass is 10.1. The summed E-state index contributed by atoms with van der Waals surface area (Å²) in [5.41, 5.74) is 8.61. The third-order valence-electron chi connectivity index (χ3n) is 3.88. The molecule has 0 amide bonds. The number of carboxylic acids is 1. The van der Waals surface area contributed by atoms with Crippen LogP contribution in [0.4, 0.5) is 11.4 Å². The van der Waals surface area contributed by atoms with E-state index >= 15 is 0 Å². The Morgan fingerprint density at radius 1 is 1.33 bits per heavy atom. The van der Waals surface area contributed by atoms with E-state index in [0.717, 1.165) is 0 Å². The Bertz CT molecular complexity index is 1040. The van der Waals surface area contributed by atoms with Gasteiger partial charge >= 0.3 is 5.97 Å². The number of carbonyl (C=O) groups is 1. The molecule has 7 nitrogen and oxygen atoms in total. The van der Waals surface area contributed by atoms with Crippen LogP contribution in [0, 0.1) is 23.2 Å². The van der Waals surface area contributed by atoms with Crippen molar-refractivity contribution in [3.05, 3.63) is 58.1 Å². The number of nitrogens with two attached hydrogens (primary N) is 1. The van der Waals surface area contributed by atoms with Gasteiger partial charge in [0.15, 0.2) is 0 Å². The van der Waals surface area contributed by atoms with Crippen LogP contribution in [0.15, 0.2) is 41.7 Å². The van der Waals surface area contributed by atoms with Gasteiger partial charge in [-0.05, 0) is 48.0 Å². The van der Waals surface area contributed by atoms with Crippen molar-refractivity contribution < 1.29 is 9.90 Å². The summed E-state index contributed by atoms with van der Waals surface area (Å²) in [5, 5.41) is 22.0. The molecule has 3 aromatic rings. The maximum absolute atomic E-state index is 11.1. The molecule has 1 aromatic heterocycles. The van der Waals surface area contributed by atoms with E-state index in [4.69, 9.17) is 10.8 Å². The van der Waals surface area contributed by atoms with E-state index in [1.807, 2.05) is 0 Å². The summed E-state index contributed by atoms with van der Waals surface area (Å²) in [7, 11) is 0. The lowest BCUT2D eigenvalue weighted by molar-refractivity contribution is 0.0698. The molecular formula is C17H12N4O3. The molecule has 24 heavy (non-hydrogen) atoms. The van der Waals surface area contributed by atoms with E-state index in [1.54, 1.807) is 35.9 Å². The summed E-state index contributed by atoms with van der Waals surface area (Å²) in [6.07, 6.45) is 1.62. The van der Waals surface area contributed by atoms with Crippen molar-refractivity contribution in [3.63, 3.8) is 0 Å². The molecule has 3 N–H and O–H groups in total. The van der Waals surface area contributed by atoms with Crippen molar-refractivity contribution in [1.29, 1.82) is 5.26 Å². The van der Waals surface area contributed by atoms with E-state index < -0.39 is 5.97 Å². The molecule has 118 valence electrons. The second-order valence-corrected chi connectivity index (χ2v) is 5.35. The summed E-state index contributed by atoms with van der Waals surface area (Å²) >= 11 is 0. The summed E-state index contributed by atoms with van der Waals surface area (Å²) in [6, 6.07) is 9.98. The zero-order valence-electron chi connectivity index (χ0n) is 12.6. The topological polar surface area (TPSA) is 121 Å². The van der Waals surface area contributed by atoms with Gasteiger partial charge in [-0.15, -0.1) is 4.91 Å². The number of carboxylic acid groups (broad SMARTS) is 1. The zero-order chi connectivity index (χ0) is 17.4. The van der Waals surface area contributed by atoms with Gasteiger partial charge in [0.25, 0.3) is 0 Å². The van der Waals surface area contributed by atoms with Crippen LogP contribution < -0.4 is 5.73 Å². The summed E-state index contributed by atoms with van der Waals surface area (Å²) in [5.74, 6) is -1.10. The number of anilines is 1. The van der Waals surface area contributed by atoms with Crippen LogP contribution >= 0.6 is 0 Å². The molecule has 0 bridgehead atoms. The third kappa shape index (κ3) is 2.27. The smallest absolute Gasteiger partial charge is 0.337 e. The molecule has 2 aromatic carbocycles. The molecule has 7 heteroatoms. The molecule has 0 spiro atoms. The quantitative estimate of drug-likeness (QED) is 0.565. The SMILES string of the molecule is Cc1cc2c(cc1N=O)c(C#N)cn2-c1ccc(C(=O)O)c(N)c1. The highest BCUT2D eigenvalue weighted by atomic mass is 16.4. The van der Waals surface area contributed by atoms with Gasteiger partial charge in [0.05, 0.1) is 16.6 Å². The molecule has 3 rings (SSSR count). The monoisotopic (exact) mass is 320 g/mol. The Morgan fingerprint density at radius 3 is 2.67 bits per heavy atom. The van der Waals surface area contributed by atoms with Gasteiger partial charge in [-0.25, -0.2) is 4.79 Å². The summed E-state index contributed by atoms with van der Waals surface area (Å²) < 4.78 is 1.73. The van der Waals surface area contributed by atoms with Crippen molar-refractivity contribution in [1.82, 2.24) is 4.57 Å². The van der Waals surface area contributed by atoms with Crippen molar-refractivity contribution >= 4 is 28.2 Å². The number of nitrogens with zero attached hydrogens (tertiary/aromatic N) is 3. The second-order valence-electron chi connectivity index (χ2n) is 5.35. The first kappa shape index (κ1) is 15.2. The molecule has 0 fully saturated rings. The largest absolute Gasteiger partial charge is 0.478 e. The fraction of sp³-hybridized carbons (Fsp3) is 0.0588. The minimum absolute atomic E-state index is 0.0133. The maximum atomic E-state index is 11.1. The van der Waals surface area contributed by atoms with Gasteiger partial charge in [-0.2, -0.15) is 5.26 Å². The molecule has 0 saturated carbocycles. The van der Waals surface area contributed by atoms with E-state index in [1.165, 1.54) is 12.1 Å². The van der Waals surface area contributed by atoms with E-state index in [-0.39, 0.29) is 16.9 Å². The Labute approximate surface area is 136 Å². The van der Waals surface area contributed by atoms with Gasteiger partial charge < -0.3 is 15.4 Å². The van der Waals surface area contributed by atoms with Crippen LogP contribution in [-0.4, -0.2) is 15.6 Å². The van der Waals surface area contributed by atoms with Gasteiger partial charge in [-0.3, -0.25) is 0 Å². The molecule has 0 unspecified atom stereocenters. The number of nitrogen functional groups attached to an aromatic ring is 1. The highest BCUT2D eigenvalue weighted by Gasteiger charge is 2.15. The standard InChI is InChI=1S/C17H12N4O3/c1-9-4-16-13(6-15(9)20-24)10(7-18)8-21(16)11-2-3-12(17(22)23)14(19)5-11/h2-6,8H,19H2,1H3,(H,22,23). The molecule has 0 aliphatic rings. The lowest BCUT2D eigenvalue weighted by Crippen LogP contribution is -2.03. The number of rotatable bonds is 3. The molecule has 0 atom stereocenters. The maximum Gasteiger partial charge on any atom is 0.337 e. The molecule has 0 radical (unpaired) electrons. The third-order valence-corrected chi connectivity index (χ3v) is 3.88. The average Bonchev–Trinajstić information content (AvgIpc) is 2.91. The van der Waals surface area contributed by atoms with Crippen LogP contribution in [0.3, 0.4) is 0 Å². The molecule has 0 aliphatic heterocycles. The number of hydrogen-bond donors (Lipinski definition) is 2. The van der Waals surface area contributed by atoms with Gasteiger partial charge in [0.2, 0.25) is 0 Å². The first-order valence-corrected chi connectivity index (χ1v) is 6.98. The number of aryl methyl sites for hydroxylation is 1. The summed E-state index contributed by atoms with van der Waals surface area (Å²) in [6.45, 7) is 1.75. The number of aromatic carboxylic acids is 1. The number of benzene rings is 2. The summed E-state index contributed by atoms with van der Waals surface area (Å²) in [4.78, 5) is 22.0. The first-order chi connectivity index (χ1) is 11.5. The Morgan fingerprint density at radius 2 is 2.08 bits per heavy atom. The zero-order valence-corrected chi connectivity index (χ0v) is 12.6. The van der Waals surface area contributed by atoms with Gasteiger partial charge in [0.1, 0.15) is 11.8 Å². The second kappa shape index (κ2) is 5.52. The van der Waals surface area contributed by atoms with Crippen LogP contribution in [0.2, 0.25) is 0 Å². The van der Waals surface area contributed by atoms with Gasteiger partial charge in [-0.1, -0.05) is 0 Å². The Kier molecular flexibility index (Phi) is 3.50. The first-order valence-electron chi connectivity index (χ1n) is 6.98. The molecule has 1 heterocycles. The number of fused-ring (bicyclic) bond motifs is 1. The molecule has 0 aliphatic carbocycles. The van der Waals surface area contributed by atoms with E-state index in [9.17, 15) is 15.0 Å². The highest BCUT2D eigenvalue weighted by molar-refractivity contribution is 5.95. The van der Waals surface area contributed by atoms with E-state index in [2.05, 4.69) is 11.2 Å². The van der Waals surface area contributed by atoms with Crippen molar-refractivity contribution in [2.75, 3.05) is 5.73 Å². The average molecular weight is 320 g/mol. The number of hydrogen-bond acceptors (Lipinski definition) is 5. The minimum atomic E-state index is -1.10. The van der Waals surface area contributed by atoms with E-state index in [0.29, 0.717) is 27.7 Å². The van der Waals surface area contributed by atoms with Crippen molar-refractivity contribution in [2.24, 2.45) is 5.18 Å². The molecule has 0 saturated heterocycles. The predicted molar refractivity (Wildman–Crippen MR) is 89.6 cm³/mol. The Balaban J connectivity index is 2.29. The Hall–Kier alpha value is -3.66. The van der Waals surface area contributed by atoms with Crippen molar-refractivity contribution in [3.8, 4) is 11.8 Å². The van der Waals surface area contributed by atoms with Crippen molar-refractivity contribution in [2.45, 2.75) is 6.92 Å². The molecular weight excluding hydrogens is 308 g/mol. The van der Waals surface area contributed by atoms with Crippen LogP contribution in [0.25, 0.3) is 16.6 Å². The van der Waals surface area contributed by atoms with Crippen LogP contribution in [0.1, 0.15) is 21.5 Å². The lowest BCUT2D eigenvalue weighted by Gasteiger charge is -2.09. The fourth-order valence-electron chi connectivity index (χ4n) is 2.66. The number of nitroso groups, excluding NO2 is 1. The predicted octanol–water partition coefficient (Wildman–Crippen LogP) is 3.49. The van der Waals surface area contributed by atoms with Gasteiger partial charge in [0, 0.05) is 23.0 Å². The minimum Gasteiger partial charge on any atom is -0.478 e. The fourth-order valence-corrected chi connectivity index (χ4v) is 2.66. The number of nitriles is 1. The number of aromatic nitrogens is 1. The van der Waals surface area contributed by atoms with Crippen LogP contribution in [0.5, 0.6) is 0 Å². The normalized spacial score (nSPS) is 10.5. The highest BCUT2D eigenvalue weighted by Crippen LogP contribution is 2.31. The van der Waals surface area contributed by atoms with Crippen LogP contribution in [-0.2, 0) is 0 Å².